The lowest BCUT2D eigenvalue weighted by Gasteiger charge is -2.10. The van der Waals surface area contributed by atoms with Crippen LogP contribution in [-0.4, -0.2) is 22.4 Å². The van der Waals surface area contributed by atoms with Crippen LogP contribution in [-0.2, 0) is 6.42 Å². The lowest BCUT2D eigenvalue weighted by Crippen LogP contribution is -2.31. The molecule has 4 heteroatoms. The summed E-state index contributed by atoms with van der Waals surface area (Å²) in [5.41, 5.74) is 7.01. The highest BCUT2D eigenvalue weighted by atomic mass is 16.1. The maximum atomic E-state index is 11.9. The number of aryl methyl sites for hydroxylation is 1. The number of nitrogens with one attached hydrogen (secondary N) is 2. The Morgan fingerprint density at radius 2 is 2.04 bits per heavy atom. The molecule has 4 rings (SSSR count). The van der Waals surface area contributed by atoms with Crippen molar-refractivity contribution in [2.45, 2.75) is 13.3 Å². The van der Waals surface area contributed by atoms with Crippen LogP contribution in [0.1, 0.15) is 32.9 Å². The third-order valence-corrected chi connectivity index (χ3v) is 4.39. The van der Waals surface area contributed by atoms with Gasteiger partial charge in [0.25, 0.3) is 5.91 Å². The van der Waals surface area contributed by atoms with Crippen molar-refractivity contribution in [2.24, 2.45) is 0 Å². The van der Waals surface area contributed by atoms with Crippen molar-refractivity contribution in [2.75, 3.05) is 6.54 Å². The fourth-order valence-corrected chi connectivity index (χ4v) is 3.11. The van der Waals surface area contributed by atoms with Gasteiger partial charge in [0.2, 0.25) is 0 Å². The summed E-state index contributed by atoms with van der Waals surface area (Å²) in [6, 6.07) is 14.3. The van der Waals surface area contributed by atoms with Gasteiger partial charge in [-0.25, -0.2) is 0 Å². The minimum atomic E-state index is -0.00243. The van der Waals surface area contributed by atoms with E-state index in [0.717, 1.165) is 40.2 Å². The molecule has 3 heterocycles. The molecule has 1 aliphatic rings. The zero-order valence-corrected chi connectivity index (χ0v) is 14.0. The summed E-state index contributed by atoms with van der Waals surface area (Å²) in [6.07, 6.45) is 6.71. The molecule has 0 saturated carbocycles. The largest absolute Gasteiger partial charge is 0.358 e. The molecule has 0 saturated heterocycles. The van der Waals surface area contributed by atoms with E-state index in [1.165, 1.54) is 5.56 Å². The summed E-state index contributed by atoms with van der Waals surface area (Å²) in [6.45, 7) is 2.77. The van der Waals surface area contributed by atoms with Gasteiger partial charge in [-0.15, -0.1) is 0 Å². The number of nitrogens with zero attached hydrogens (tertiary/aromatic N) is 1. The molecule has 3 aromatic rings. The standard InChI is InChI=1S/C21H19N3O/c1-14-3-2-4-15(11-14)5-6-17-12-16(7-9-22-17)20-13-18-19(24-20)8-10-23-21(18)25/h2-7,9,11-13,24H,8,10H2,1H3,(H,23,25)/b6-5+. The summed E-state index contributed by atoms with van der Waals surface area (Å²) in [5.74, 6) is -0.00243. The number of hydrogen-bond acceptors (Lipinski definition) is 2. The van der Waals surface area contributed by atoms with Gasteiger partial charge in [0.15, 0.2) is 0 Å². The van der Waals surface area contributed by atoms with Gasteiger partial charge in [0, 0.05) is 36.1 Å². The fourth-order valence-electron chi connectivity index (χ4n) is 3.11. The highest BCUT2D eigenvalue weighted by Gasteiger charge is 2.19. The predicted molar refractivity (Wildman–Crippen MR) is 100 cm³/mol. The summed E-state index contributed by atoms with van der Waals surface area (Å²) in [5, 5.41) is 2.87. The molecule has 0 bridgehead atoms. The molecule has 0 aliphatic carbocycles. The van der Waals surface area contributed by atoms with E-state index in [9.17, 15) is 4.79 Å². The molecule has 4 nitrogen and oxygen atoms in total. The first kappa shape index (κ1) is 15.4. The minimum Gasteiger partial charge on any atom is -0.358 e. The van der Waals surface area contributed by atoms with Crippen LogP contribution in [0.25, 0.3) is 23.4 Å². The molecular formula is C21H19N3O. The van der Waals surface area contributed by atoms with E-state index in [4.69, 9.17) is 0 Å². The molecule has 1 aromatic carbocycles. The molecule has 25 heavy (non-hydrogen) atoms. The number of H-pyrrole nitrogens is 1. The van der Waals surface area contributed by atoms with Crippen LogP contribution in [0, 0.1) is 6.92 Å². The second-order valence-electron chi connectivity index (χ2n) is 6.30. The zero-order chi connectivity index (χ0) is 17.2. The SMILES string of the molecule is Cc1cccc(/C=C/c2cc(-c3cc4c([nH]3)CCNC4=O)ccn2)c1. The van der Waals surface area contributed by atoms with Crippen LogP contribution in [0.2, 0.25) is 0 Å². The van der Waals surface area contributed by atoms with Crippen molar-refractivity contribution in [3.63, 3.8) is 0 Å². The monoisotopic (exact) mass is 329 g/mol. The first-order chi connectivity index (χ1) is 12.2. The smallest absolute Gasteiger partial charge is 0.253 e. The van der Waals surface area contributed by atoms with Crippen LogP contribution >= 0.6 is 0 Å². The number of benzene rings is 1. The number of hydrogen-bond donors (Lipinski definition) is 2. The highest BCUT2D eigenvalue weighted by molar-refractivity contribution is 5.97. The van der Waals surface area contributed by atoms with Gasteiger partial charge in [-0.3, -0.25) is 9.78 Å². The number of rotatable bonds is 3. The summed E-state index contributed by atoms with van der Waals surface area (Å²) in [4.78, 5) is 19.7. The second kappa shape index (κ2) is 6.40. The van der Waals surface area contributed by atoms with E-state index in [0.29, 0.717) is 6.54 Å². The first-order valence-corrected chi connectivity index (χ1v) is 8.40. The molecule has 0 unspecified atom stereocenters. The molecule has 0 spiro atoms. The van der Waals surface area contributed by atoms with Crippen LogP contribution < -0.4 is 5.32 Å². The van der Waals surface area contributed by atoms with Gasteiger partial charge < -0.3 is 10.3 Å². The molecule has 124 valence electrons. The van der Waals surface area contributed by atoms with Gasteiger partial charge in [-0.1, -0.05) is 35.9 Å². The molecule has 2 aromatic heterocycles. The van der Waals surface area contributed by atoms with Crippen LogP contribution in [0.15, 0.2) is 48.7 Å². The van der Waals surface area contributed by atoms with Crippen molar-refractivity contribution in [3.8, 4) is 11.3 Å². The molecule has 1 amide bonds. The van der Waals surface area contributed by atoms with Gasteiger partial charge in [-0.05, 0) is 36.8 Å². The van der Waals surface area contributed by atoms with Crippen molar-refractivity contribution in [1.29, 1.82) is 0 Å². The molecular weight excluding hydrogens is 310 g/mol. The maximum absolute atomic E-state index is 11.9. The highest BCUT2D eigenvalue weighted by Crippen LogP contribution is 2.24. The average Bonchev–Trinajstić information content (AvgIpc) is 3.06. The Kier molecular flexibility index (Phi) is 3.94. The average molecular weight is 329 g/mol. The molecule has 0 radical (unpaired) electrons. The van der Waals surface area contributed by atoms with Gasteiger partial charge in [0.1, 0.15) is 0 Å². The van der Waals surface area contributed by atoms with Gasteiger partial charge in [0.05, 0.1) is 11.3 Å². The van der Waals surface area contributed by atoms with E-state index in [1.807, 2.05) is 30.3 Å². The van der Waals surface area contributed by atoms with Crippen LogP contribution in [0.4, 0.5) is 0 Å². The predicted octanol–water partition coefficient (Wildman–Crippen LogP) is 3.84. The second-order valence-corrected chi connectivity index (χ2v) is 6.30. The molecule has 0 fully saturated rings. The number of fused-ring (bicyclic) bond motifs is 1. The number of aromatic nitrogens is 2. The Hall–Kier alpha value is -3.14. The molecule has 2 N–H and O–H groups in total. The number of aromatic amines is 1. The van der Waals surface area contributed by atoms with Crippen LogP contribution in [0.3, 0.4) is 0 Å². The van der Waals surface area contributed by atoms with E-state index in [-0.39, 0.29) is 5.91 Å². The third-order valence-electron chi connectivity index (χ3n) is 4.39. The van der Waals surface area contributed by atoms with Crippen molar-refractivity contribution >= 4 is 18.1 Å². The number of carbonyl (C=O) groups is 1. The zero-order valence-electron chi connectivity index (χ0n) is 14.0. The topological polar surface area (TPSA) is 57.8 Å². The van der Waals surface area contributed by atoms with E-state index < -0.39 is 0 Å². The third kappa shape index (κ3) is 3.24. The number of carbonyl (C=O) groups excluding carboxylic acids is 1. The Morgan fingerprint density at radius 3 is 2.88 bits per heavy atom. The van der Waals surface area contributed by atoms with E-state index >= 15 is 0 Å². The summed E-state index contributed by atoms with van der Waals surface area (Å²) >= 11 is 0. The molecule has 1 aliphatic heterocycles. The van der Waals surface area contributed by atoms with Gasteiger partial charge >= 0.3 is 0 Å². The minimum absolute atomic E-state index is 0.00243. The van der Waals surface area contributed by atoms with Crippen molar-refractivity contribution in [1.82, 2.24) is 15.3 Å². The fraction of sp³-hybridized carbons (Fsp3) is 0.143. The first-order valence-electron chi connectivity index (χ1n) is 8.40. The van der Waals surface area contributed by atoms with Crippen molar-refractivity contribution in [3.05, 3.63) is 76.7 Å². The number of pyridine rings is 1. The lowest BCUT2D eigenvalue weighted by atomic mass is 10.1. The lowest BCUT2D eigenvalue weighted by molar-refractivity contribution is 0.0946. The maximum Gasteiger partial charge on any atom is 0.253 e. The van der Waals surface area contributed by atoms with E-state index in [1.54, 1.807) is 6.20 Å². The van der Waals surface area contributed by atoms with Gasteiger partial charge in [-0.2, -0.15) is 0 Å². The van der Waals surface area contributed by atoms with E-state index in [2.05, 4.69) is 46.5 Å². The quantitative estimate of drug-likeness (QED) is 0.767. The van der Waals surface area contributed by atoms with Crippen LogP contribution in [0.5, 0.6) is 0 Å². The Labute approximate surface area is 146 Å². The summed E-state index contributed by atoms with van der Waals surface area (Å²) < 4.78 is 0. The normalized spacial score (nSPS) is 13.7. The molecule has 0 atom stereocenters. The Bertz CT molecular complexity index is 969. The Balaban J connectivity index is 1.63. The Morgan fingerprint density at radius 1 is 1.12 bits per heavy atom. The van der Waals surface area contributed by atoms with Crippen molar-refractivity contribution < 1.29 is 4.79 Å². The summed E-state index contributed by atoms with van der Waals surface area (Å²) in [7, 11) is 0. The number of amides is 1.